The summed E-state index contributed by atoms with van der Waals surface area (Å²) in [6.45, 7) is 0. The average molecular weight is 515 g/mol. The standard InChI is InChI=1S/C36H22N2S/c1-2-10-23(11-3-1)37-31-16-8-5-14-29(31)35-32(37)21-20-28-25-12-4-7-15-30(25)38(36(28)35)24-18-19-27-26-13-6-9-17-33(26)39-34(27)22-24/h1-2,4-6,8-10,12-14,16-22H,3,11H2. The second-order valence-electron chi connectivity index (χ2n) is 10.3. The van der Waals surface area contributed by atoms with Gasteiger partial charge in [0.15, 0.2) is 0 Å². The lowest BCUT2D eigenvalue weighted by molar-refractivity contribution is 0.979. The first kappa shape index (κ1) is 21.2. The summed E-state index contributed by atoms with van der Waals surface area (Å²) in [5.74, 6) is 0. The van der Waals surface area contributed by atoms with Gasteiger partial charge in [0, 0.05) is 53.1 Å². The van der Waals surface area contributed by atoms with Gasteiger partial charge in [0.05, 0.1) is 16.6 Å². The third kappa shape index (κ3) is 2.87. The maximum absolute atomic E-state index is 3.48. The van der Waals surface area contributed by atoms with E-state index in [1.54, 1.807) is 0 Å². The summed E-state index contributed by atoms with van der Waals surface area (Å²) < 4.78 is 7.52. The normalized spacial score (nSPS) is 13.8. The monoisotopic (exact) mass is 514 g/mol. The highest BCUT2D eigenvalue weighted by Crippen LogP contribution is 2.43. The van der Waals surface area contributed by atoms with E-state index in [-0.39, 0.29) is 0 Å². The summed E-state index contributed by atoms with van der Waals surface area (Å²) in [6, 6.07) is 40.0. The maximum Gasteiger partial charge on any atom is 0.105 e. The zero-order valence-corrected chi connectivity index (χ0v) is 21.9. The van der Waals surface area contributed by atoms with Crippen LogP contribution < -0.4 is 0 Å². The van der Waals surface area contributed by atoms with Crippen molar-refractivity contribution < 1.29 is 0 Å². The average Bonchev–Trinajstić information content (AvgIpc) is 3.64. The van der Waals surface area contributed by atoms with Gasteiger partial charge in [-0.15, -0.1) is 11.3 Å². The van der Waals surface area contributed by atoms with Crippen LogP contribution >= 0.6 is 11.3 Å². The van der Waals surface area contributed by atoms with Crippen LogP contribution in [-0.4, -0.2) is 9.13 Å². The molecule has 3 heteroatoms. The van der Waals surface area contributed by atoms with E-state index in [0.29, 0.717) is 0 Å². The van der Waals surface area contributed by atoms with Gasteiger partial charge >= 0.3 is 0 Å². The van der Waals surface area contributed by atoms with E-state index in [1.165, 1.54) is 64.0 Å². The molecule has 0 N–H and O–H groups in total. The number of rotatable bonds is 2. The summed E-state index contributed by atoms with van der Waals surface area (Å²) in [5, 5.41) is 7.67. The Morgan fingerprint density at radius 2 is 1.54 bits per heavy atom. The molecule has 1 aliphatic carbocycles. The van der Waals surface area contributed by atoms with E-state index in [1.807, 2.05) is 17.4 Å². The number of hydrogen-bond acceptors (Lipinski definition) is 1. The minimum Gasteiger partial charge on any atom is -0.313 e. The summed E-state index contributed by atoms with van der Waals surface area (Å²) in [5.41, 5.74) is 7.32. The lowest BCUT2D eigenvalue weighted by Crippen LogP contribution is -1.98. The van der Waals surface area contributed by atoms with Crippen LogP contribution in [-0.2, 0) is 0 Å². The number of para-hydroxylation sites is 1. The minimum atomic E-state index is 1.04. The molecule has 182 valence electrons. The van der Waals surface area contributed by atoms with Crippen molar-refractivity contribution in [2.24, 2.45) is 0 Å². The Hall–Kier alpha value is -4.78. The first-order chi connectivity index (χ1) is 19.4. The molecule has 2 nitrogen and oxygen atoms in total. The highest BCUT2D eigenvalue weighted by molar-refractivity contribution is 7.25. The highest BCUT2D eigenvalue weighted by atomic mass is 32.1. The molecular weight excluding hydrogens is 492 g/mol. The molecule has 1 aliphatic rings. The van der Waals surface area contributed by atoms with Crippen LogP contribution in [0, 0.1) is 12.1 Å². The molecule has 0 aliphatic heterocycles. The Kier molecular flexibility index (Phi) is 4.27. The molecule has 5 aromatic carbocycles. The number of benzene rings is 4. The number of allylic oxidation sites excluding steroid dienone is 4. The van der Waals surface area contributed by atoms with Crippen molar-refractivity contribution >= 4 is 80.8 Å². The summed E-state index contributed by atoms with van der Waals surface area (Å²) >= 11 is 1.86. The third-order valence-electron chi connectivity index (χ3n) is 8.23. The van der Waals surface area contributed by atoms with Gasteiger partial charge in [0.1, 0.15) is 5.52 Å². The molecule has 0 spiro atoms. The molecule has 39 heavy (non-hydrogen) atoms. The first-order valence-corrected chi connectivity index (χ1v) is 14.2. The molecule has 3 heterocycles. The zero-order chi connectivity index (χ0) is 25.5. The van der Waals surface area contributed by atoms with Gasteiger partial charge in [0.2, 0.25) is 0 Å². The number of aromatic nitrogens is 2. The number of fused-ring (bicyclic) bond motifs is 10. The molecular formula is C36H22N2S. The Morgan fingerprint density at radius 3 is 2.46 bits per heavy atom. The number of thiophene rings is 1. The van der Waals surface area contributed by atoms with Crippen LogP contribution in [0.15, 0.2) is 109 Å². The lowest BCUT2D eigenvalue weighted by Gasteiger charge is -2.14. The Balaban J connectivity index is 1.46. The van der Waals surface area contributed by atoms with E-state index in [0.717, 1.165) is 24.0 Å². The van der Waals surface area contributed by atoms with Crippen molar-refractivity contribution in [3.8, 4) is 5.69 Å². The van der Waals surface area contributed by atoms with Gasteiger partial charge in [-0.1, -0.05) is 66.7 Å². The van der Waals surface area contributed by atoms with Crippen molar-refractivity contribution in [1.29, 1.82) is 0 Å². The molecule has 9 rings (SSSR count). The fourth-order valence-electron chi connectivity index (χ4n) is 6.58. The molecule has 8 aromatic rings. The van der Waals surface area contributed by atoms with Crippen LogP contribution in [0.4, 0.5) is 0 Å². The van der Waals surface area contributed by atoms with Gasteiger partial charge in [-0.3, -0.25) is 0 Å². The van der Waals surface area contributed by atoms with E-state index in [9.17, 15) is 0 Å². The summed E-state index contributed by atoms with van der Waals surface area (Å²) in [6.07, 6.45) is 8.83. The van der Waals surface area contributed by atoms with Crippen LogP contribution in [0.25, 0.3) is 75.2 Å². The molecule has 0 amide bonds. The van der Waals surface area contributed by atoms with Crippen LogP contribution in [0.3, 0.4) is 0 Å². The van der Waals surface area contributed by atoms with Gasteiger partial charge in [-0.25, -0.2) is 0 Å². The van der Waals surface area contributed by atoms with Crippen LogP contribution in [0.1, 0.15) is 12.8 Å². The van der Waals surface area contributed by atoms with E-state index in [4.69, 9.17) is 0 Å². The highest BCUT2D eigenvalue weighted by Gasteiger charge is 2.21. The zero-order valence-electron chi connectivity index (χ0n) is 21.1. The van der Waals surface area contributed by atoms with Gasteiger partial charge in [-0.2, -0.15) is 0 Å². The van der Waals surface area contributed by atoms with Crippen molar-refractivity contribution in [3.63, 3.8) is 0 Å². The largest absolute Gasteiger partial charge is 0.313 e. The minimum absolute atomic E-state index is 1.04. The first-order valence-electron chi connectivity index (χ1n) is 13.4. The smallest absolute Gasteiger partial charge is 0.105 e. The third-order valence-corrected chi connectivity index (χ3v) is 9.36. The molecule has 0 atom stereocenters. The number of hydrogen-bond donors (Lipinski definition) is 0. The van der Waals surface area contributed by atoms with E-state index in [2.05, 4.69) is 124 Å². The van der Waals surface area contributed by atoms with E-state index < -0.39 is 0 Å². The predicted octanol–water partition coefficient (Wildman–Crippen LogP) is 10.1. The predicted molar refractivity (Wildman–Crippen MR) is 167 cm³/mol. The Bertz CT molecular complexity index is 2340. The molecule has 3 aromatic heterocycles. The maximum atomic E-state index is 3.48. The SMILES string of the molecule is c1ccc2c3ccc4c(c5ccccc5n4C4=CC=CCC4)c3n(-c3ccc4c(c3)sc3ccccc34)c2c#1. The summed E-state index contributed by atoms with van der Waals surface area (Å²) in [4.78, 5) is 0. The van der Waals surface area contributed by atoms with Gasteiger partial charge in [0.25, 0.3) is 0 Å². The number of nitrogens with zero attached hydrogens (tertiary/aromatic N) is 2. The van der Waals surface area contributed by atoms with Crippen molar-refractivity contribution in [2.75, 3.05) is 0 Å². The van der Waals surface area contributed by atoms with Crippen LogP contribution in [0.2, 0.25) is 0 Å². The molecule has 0 saturated heterocycles. The van der Waals surface area contributed by atoms with Crippen LogP contribution in [0.5, 0.6) is 0 Å². The fourth-order valence-corrected chi connectivity index (χ4v) is 7.72. The second-order valence-corrected chi connectivity index (χ2v) is 11.4. The van der Waals surface area contributed by atoms with Crippen molar-refractivity contribution in [3.05, 3.63) is 121 Å². The van der Waals surface area contributed by atoms with E-state index >= 15 is 0 Å². The second kappa shape index (κ2) is 7.86. The van der Waals surface area contributed by atoms with Crippen molar-refractivity contribution in [2.45, 2.75) is 12.8 Å². The fraction of sp³-hybridized carbons (Fsp3) is 0.0556. The Labute approximate surface area is 229 Å². The molecule has 0 bridgehead atoms. The quantitative estimate of drug-likeness (QED) is 0.217. The molecule has 0 saturated carbocycles. The molecule has 0 fully saturated rings. The van der Waals surface area contributed by atoms with Gasteiger partial charge in [-0.05, 0) is 67.4 Å². The summed E-state index contributed by atoms with van der Waals surface area (Å²) in [7, 11) is 0. The molecule has 0 unspecified atom stereocenters. The molecule has 0 radical (unpaired) electrons. The topological polar surface area (TPSA) is 9.86 Å². The lowest BCUT2D eigenvalue weighted by atomic mass is 10.1. The van der Waals surface area contributed by atoms with Gasteiger partial charge < -0.3 is 9.13 Å². The van der Waals surface area contributed by atoms with Crippen molar-refractivity contribution in [1.82, 2.24) is 9.13 Å². The Morgan fingerprint density at radius 1 is 0.692 bits per heavy atom.